The highest BCUT2D eigenvalue weighted by Crippen LogP contribution is 2.22. The van der Waals surface area contributed by atoms with Crippen LogP contribution in [-0.2, 0) is 0 Å². The van der Waals surface area contributed by atoms with Crippen LogP contribution in [0.5, 0.6) is 0 Å². The number of aromatic nitrogens is 1. The van der Waals surface area contributed by atoms with Gasteiger partial charge in [0.2, 0.25) is 5.76 Å². The minimum absolute atomic E-state index is 0.222. The average Bonchev–Trinajstić information content (AvgIpc) is 2.86. The first-order chi connectivity index (χ1) is 8.62. The number of carbonyl (C=O) groups excluding carboxylic acids is 1. The molecule has 5 heteroatoms. The van der Waals surface area contributed by atoms with Crippen LogP contribution in [0, 0.1) is 5.92 Å². The molecule has 102 valence electrons. The van der Waals surface area contributed by atoms with E-state index in [2.05, 4.69) is 24.3 Å². The molecule has 0 saturated heterocycles. The maximum absolute atomic E-state index is 11.8. The molecule has 1 amide bonds. The highest BCUT2D eigenvalue weighted by Gasteiger charge is 2.17. The topological polar surface area (TPSA) is 81.2 Å². The molecule has 0 aliphatic heterocycles. The van der Waals surface area contributed by atoms with Gasteiger partial charge in [-0.2, -0.15) is 0 Å². The van der Waals surface area contributed by atoms with Gasteiger partial charge in [0.25, 0.3) is 5.91 Å². The molecule has 0 aliphatic rings. The lowest BCUT2D eigenvalue weighted by atomic mass is 9.99. The van der Waals surface area contributed by atoms with Gasteiger partial charge in [-0.15, -0.1) is 0 Å². The maximum Gasteiger partial charge on any atom is 0.289 e. The molecule has 1 rings (SSSR count). The van der Waals surface area contributed by atoms with Crippen molar-refractivity contribution in [1.29, 1.82) is 0 Å². The van der Waals surface area contributed by atoms with Gasteiger partial charge in [-0.05, 0) is 25.3 Å². The maximum atomic E-state index is 11.8. The number of carbonyl (C=O) groups is 1. The largest absolute Gasteiger partial charge is 0.351 e. The third-order valence-corrected chi connectivity index (χ3v) is 3.17. The summed E-state index contributed by atoms with van der Waals surface area (Å²) in [5.41, 5.74) is 6.35. The quantitative estimate of drug-likeness (QED) is 0.777. The van der Waals surface area contributed by atoms with Crippen LogP contribution in [0.2, 0.25) is 0 Å². The molecule has 18 heavy (non-hydrogen) atoms. The van der Waals surface area contributed by atoms with Crippen molar-refractivity contribution in [3.05, 3.63) is 17.5 Å². The fourth-order valence-corrected chi connectivity index (χ4v) is 1.73. The van der Waals surface area contributed by atoms with E-state index in [1.54, 1.807) is 6.07 Å². The number of amides is 1. The molecule has 1 aromatic rings. The molecule has 0 bridgehead atoms. The molecule has 1 heterocycles. The van der Waals surface area contributed by atoms with Crippen molar-refractivity contribution >= 4 is 5.91 Å². The SMILES string of the molecule is CCC(CC)c1cc(C(=O)NCC(C)CN)on1. The van der Waals surface area contributed by atoms with E-state index in [9.17, 15) is 4.79 Å². The molecule has 0 saturated carbocycles. The molecule has 0 radical (unpaired) electrons. The fourth-order valence-electron chi connectivity index (χ4n) is 1.73. The van der Waals surface area contributed by atoms with E-state index in [-0.39, 0.29) is 17.6 Å². The zero-order chi connectivity index (χ0) is 13.5. The smallest absolute Gasteiger partial charge is 0.289 e. The average molecular weight is 253 g/mol. The van der Waals surface area contributed by atoms with Crippen LogP contribution in [0.3, 0.4) is 0 Å². The van der Waals surface area contributed by atoms with Gasteiger partial charge < -0.3 is 15.6 Å². The Hall–Kier alpha value is -1.36. The molecule has 0 fully saturated rings. The molecule has 1 unspecified atom stereocenters. The first kappa shape index (κ1) is 14.7. The zero-order valence-electron chi connectivity index (χ0n) is 11.4. The Balaban J connectivity index is 2.59. The van der Waals surface area contributed by atoms with Gasteiger partial charge in [0.15, 0.2) is 0 Å². The highest BCUT2D eigenvalue weighted by atomic mass is 16.5. The van der Waals surface area contributed by atoms with Gasteiger partial charge in [0, 0.05) is 18.5 Å². The van der Waals surface area contributed by atoms with Crippen LogP contribution in [-0.4, -0.2) is 24.2 Å². The van der Waals surface area contributed by atoms with Crippen LogP contribution in [0.15, 0.2) is 10.6 Å². The number of hydrogen-bond donors (Lipinski definition) is 2. The van der Waals surface area contributed by atoms with Crippen molar-refractivity contribution < 1.29 is 9.32 Å². The van der Waals surface area contributed by atoms with Crippen LogP contribution in [0.25, 0.3) is 0 Å². The normalized spacial score (nSPS) is 12.7. The summed E-state index contributed by atoms with van der Waals surface area (Å²) in [7, 11) is 0. The molecule has 3 N–H and O–H groups in total. The lowest BCUT2D eigenvalue weighted by Gasteiger charge is -2.08. The Morgan fingerprint density at radius 3 is 2.72 bits per heavy atom. The van der Waals surface area contributed by atoms with Gasteiger partial charge >= 0.3 is 0 Å². The summed E-state index contributed by atoms with van der Waals surface area (Å²) in [6.45, 7) is 7.29. The molecule has 0 aromatic carbocycles. The molecule has 0 spiro atoms. The van der Waals surface area contributed by atoms with Gasteiger partial charge in [-0.3, -0.25) is 4.79 Å². The van der Waals surface area contributed by atoms with E-state index >= 15 is 0 Å². The summed E-state index contributed by atoms with van der Waals surface area (Å²) in [6.07, 6.45) is 1.99. The molecule has 0 aliphatic carbocycles. The minimum atomic E-state index is -0.222. The van der Waals surface area contributed by atoms with E-state index in [4.69, 9.17) is 10.3 Å². The van der Waals surface area contributed by atoms with E-state index in [1.807, 2.05) is 6.92 Å². The molecule has 5 nitrogen and oxygen atoms in total. The predicted molar refractivity (Wildman–Crippen MR) is 70.4 cm³/mol. The molecular formula is C13H23N3O2. The second-order valence-electron chi connectivity index (χ2n) is 4.68. The second-order valence-corrected chi connectivity index (χ2v) is 4.68. The third-order valence-electron chi connectivity index (χ3n) is 3.17. The Labute approximate surface area is 108 Å². The van der Waals surface area contributed by atoms with E-state index in [0.29, 0.717) is 19.0 Å². The van der Waals surface area contributed by atoms with Crippen LogP contribution < -0.4 is 11.1 Å². The summed E-state index contributed by atoms with van der Waals surface area (Å²) in [5.74, 6) is 0.676. The molecule has 1 aromatic heterocycles. The highest BCUT2D eigenvalue weighted by molar-refractivity contribution is 5.91. The number of hydrogen-bond acceptors (Lipinski definition) is 4. The van der Waals surface area contributed by atoms with Gasteiger partial charge in [0.1, 0.15) is 0 Å². The second kappa shape index (κ2) is 7.16. The summed E-state index contributed by atoms with van der Waals surface area (Å²) in [4.78, 5) is 11.8. The Morgan fingerprint density at radius 1 is 1.50 bits per heavy atom. The lowest BCUT2D eigenvalue weighted by molar-refractivity contribution is 0.0911. The lowest BCUT2D eigenvalue weighted by Crippen LogP contribution is -2.31. The van der Waals surface area contributed by atoms with E-state index in [0.717, 1.165) is 18.5 Å². The third kappa shape index (κ3) is 3.84. The van der Waals surface area contributed by atoms with Crippen molar-refractivity contribution in [3.63, 3.8) is 0 Å². The summed E-state index contributed by atoms with van der Waals surface area (Å²) in [5, 5.41) is 6.75. The monoisotopic (exact) mass is 253 g/mol. The number of nitrogens with zero attached hydrogens (tertiary/aromatic N) is 1. The number of nitrogens with two attached hydrogens (primary N) is 1. The number of nitrogens with one attached hydrogen (secondary N) is 1. The van der Waals surface area contributed by atoms with Gasteiger partial charge in [0.05, 0.1) is 5.69 Å². The standard InChI is InChI=1S/C13H23N3O2/c1-4-10(5-2)11-6-12(18-16-11)13(17)15-8-9(3)7-14/h6,9-10H,4-5,7-8,14H2,1-3H3,(H,15,17). The zero-order valence-corrected chi connectivity index (χ0v) is 11.4. The van der Waals surface area contributed by atoms with Gasteiger partial charge in [-0.25, -0.2) is 0 Å². The summed E-state index contributed by atoms with van der Waals surface area (Å²) < 4.78 is 5.08. The predicted octanol–water partition coefficient (Wildman–Crippen LogP) is 1.90. The van der Waals surface area contributed by atoms with Gasteiger partial charge in [-0.1, -0.05) is 25.9 Å². The van der Waals surface area contributed by atoms with E-state index < -0.39 is 0 Å². The Kier molecular flexibility index (Phi) is 5.85. The molecule has 1 atom stereocenters. The number of rotatable bonds is 7. The first-order valence-electron chi connectivity index (χ1n) is 6.57. The minimum Gasteiger partial charge on any atom is -0.351 e. The first-order valence-corrected chi connectivity index (χ1v) is 6.57. The van der Waals surface area contributed by atoms with Crippen molar-refractivity contribution in [2.45, 2.75) is 39.5 Å². The van der Waals surface area contributed by atoms with Crippen molar-refractivity contribution in [1.82, 2.24) is 10.5 Å². The Bertz CT molecular complexity index is 372. The summed E-state index contributed by atoms with van der Waals surface area (Å²) in [6, 6.07) is 1.74. The van der Waals surface area contributed by atoms with E-state index in [1.165, 1.54) is 0 Å². The van der Waals surface area contributed by atoms with Crippen LogP contribution in [0.4, 0.5) is 0 Å². The van der Waals surface area contributed by atoms with Crippen molar-refractivity contribution in [3.8, 4) is 0 Å². The van der Waals surface area contributed by atoms with Crippen LogP contribution in [0.1, 0.15) is 55.8 Å². The van der Waals surface area contributed by atoms with Crippen LogP contribution >= 0.6 is 0 Å². The Morgan fingerprint density at radius 2 is 2.17 bits per heavy atom. The summed E-state index contributed by atoms with van der Waals surface area (Å²) >= 11 is 0. The fraction of sp³-hybridized carbons (Fsp3) is 0.692. The molecular weight excluding hydrogens is 230 g/mol. The van der Waals surface area contributed by atoms with Crippen molar-refractivity contribution in [2.75, 3.05) is 13.1 Å². The van der Waals surface area contributed by atoms with Crippen molar-refractivity contribution in [2.24, 2.45) is 11.7 Å².